The first-order chi connectivity index (χ1) is 17.0. The number of carbonyl (C=O) groups is 5. The van der Waals surface area contributed by atoms with Gasteiger partial charge in [-0.3, -0.25) is 19.2 Å². The Morgan fingerprint density at radius 2 is 1.64 bits per heavy atom. The Bertz CT molecular complexity index is 905. The van der Waals surface area contributed by atoms with Crippen molar-refractivity contribution in [3.8, 4) is 0 Å². The lowest BCUT2D eigenvalue weighted by Crippen LogP contribution is -2.57. The molecule has 0 saturated carbocycles. The molecule has 4 N–H and O–H groups in total. The first-order valence-electron chi connectivity index (χ1n) is 12.0. The average molecular weight is 541 g/mol. The van der Waals surface area contributed by atoms with Crippen molar-refractivity contribution in [3.63, 3.8) is 0 Å². The third-order valence-corrected chi connectivity index (χ3v) is 8.03. The number of fused-ring (bicyclic) bond motifs is 7. The number of hydrogen-bond donors (Lipinski definition) is 4. The molecule has 2 aliphatic rings. The van der Waals surface area contributed by atoms with Crippen LogP contribution in [0.3, 0.4) is 0 Å². The van der Waals surface area contributed by atoms with Crippen LogP contribution in [-0.2, 0) is 28.7 Å². The van der Waals surface area contributed by atoms with E-state index in [0.717, 1.165) is 0 Å². The minimum Gasteiger partial charge on any atom is -0.456 e. The zero-order valence-corrected chi connectivity index (χ0v) is 22.9. The van der Waals surface area contributed by atoms with Crippen LogP contribution >= 0.6 is 21.6 Å². The van der Waals surface area contributed by atoms with Crippen LogP contribution in [0.5, 0.6) is 0 Å². The molecule has 0 radical (unpaired) electrons. The Labute approximate surface area is 220 Å². The Hall–Kier alpha value is -2.47. The van der Waals surface area contributed by atoms with E-state index in [2.05, 4.69) is 21.3 Å². The Morgan fingerprint density at radius 1 is 0.944 bits per heavy atom. The second-order valence-corrected chi connectivity index (χ2v) is 11.9. The summed E-state index contributed by atoms with van der Waals surface area (Å²) in [6, 6.07) is -2.86. The van der Waals surface area contributed by atoms with E-state index in [-0.39, 0.29) is 29.7 Å². The number of hydrogen-bond acceptors (Lipinski definition) is 8. The van der Waals surface area contributed by atoms with Crippen molar-refractivity contribution in [2.24, 2.45) is 11.8 Å². The van der Waals surface area contributed by atoms with Gasteiger partial charge in [-0.1, -0.05) is 61.4 Å². The van der Waals surface area contributed by atoms with Gasteiger partial charge in [0.1, 0.15) is 29.9 Å². The van der Waals surface area contributed by atoms with Crippen LogP contribution in [0.15, 0.2) is 23.9 Å². The fourth-order valence-electron chi connectivity index (χ4n) is 3.50. The van der Waals surface area contributed by atoms with Gasteiger partial charge in [-0.2, -0.15) is 0 Å². The molecule has 0 aliphatic carbocycles. The molecule has 0 aromatic carbocycles. The van der Waals surface area contributed by atoms with Gasteiger partial charge < -0.3 is 26.0 Å². The van der Waals surface area contributed by atoms with Crippen molar-refractivity contribution < 1.29 is 28.7 Å². The monoisotopic (exact) mass is 540 g/mol. The third-order valence-electron chi connectivity index (χ3n) is 5.59. The van der Waals surface area contributed by atoms with Crippen LogP contribution in [-0.4, -0.2) is 65.3 Å². The second kappa shape index (κ2) is 14.3. The molecular weight excluding hydrogens is 504 g/mol. The molecule has 0 aromatic rings. The summed E-state index contributed by atoms with van der Waals surface area (Å²) in [5.74, 6) is -2.54. The quantitative estimate of drug-likeness (QED) is 0.178. The molecular formula is C24H36N4O6S2. The lowest BCUT2D eigenvalue weighted by atomic mass is 10.0. The predicted octanol–water partition coefficient (Wildman–Crippen LogP) is 1.43. The molecule has 2 heterocycles. The van der Waals surface area contributed by atoms with Gasteiger partial charge >= 0.3 is 5.97 Å². The highest BCUT2D eigenvalue weighted by atomic mass is 33.1. The highest BCUT2D eigenvalue weighted by Gasteiger charge is 2.33. The van der Waals surface area contributed by atoms with Crippen molar-refractivity contribution in [3.05, 3.63) is 23.9 Å². The van der Waals surface area contributed by atoms with Gasteiger partial charge in [0.15, 0.2) is 0 Å². The minimum absolute atomic E-state index is 0.0445. The normalized spacial score (nSPS) is 29.6. The second-order valence-electron chi connectivity index (χ2n) is 9.24. The molecule has 2 aliphatic heterocycles. The molecule has 2 bridgehead atoms. The van der Waals surface area contributed by atoms with Crippen LogP contribution in [0.4, 0.5) is 0 Å². The van der Waals surface area contributed by atoms with Crippen molar-refractivity contribution in [2.75, 3.05) is 11.5 Å². The molecule has 12 heteroatoms. The molecule has 4 amide bonds. The summed E-state index contributed by atoms with van der Waals surface area (Å²) < 4.78 is 5.65. The molecule has 4 atom stereocenters. The van der Waals surface area contributed by atoms with Crippen LogP contribution < -0.4 is 21.3 Å². The first kappa shape index (κ1) is 29.8. The van der Waals surface area contributed by atoms with E-state index in [1.807, 2.05) is 6.08 Å². The number of carbonyl (C=O) groups excluding carboxylic acids is 5. The van der Waals surface area contributed by atoms with Gasteiger partial charge in [0.25, 0.3) is 5.91 Å². The maximum absolute atomic E-state index is 13.2. The van der Waals surface area contributed by atoms with Gasteiger partial charge in [-0.15, -0.1) is 0 Å². The summed E-state index contributed by atoms with van der Waals surface area (Å²) in [4.78, 5) is 65.2. The van der Waals surface area contributed by atoms with E-state index < -0.39 is 53.8 Å². The van der Waals surface area contributed by atoms with Gasteiger partial charge in [0.2, 0.25) is 17.7 Å². The molecule has 36 heavy (non-hydrogen) atoms. The molecule has 10 nitrogen and oxygen atoms in total. The van der Waals surface area contributed by atoms with E-state index in [9.17, 15) is 24.0 Å². The molecule has 1 fully saturated rings. The van der Waals surface area contributed by atoms with Gasteiger partial charge in [0.05, 0.1) is 6.42 Å². The number of esters is 1. The van der Waals surface area contributed by atoms with E-state index in [4.69, 9.17) is 4.74 Å². The molecule has 0 aromatic heterocycles. The van der Waals surface area contributed by atoms with Crippen LogP contribution in [0.1, 0.15) is 47.5 Å². The average Bonchev–Trinajstić information content (AvgIpc) is 2.81. The Morgan fingerprint density at radius 3 is 2.28 bits per heavy atom. The topological polar surface area (TPSA) is 143 Å². The SMILES string of the molecule is C/C=C1\NC(=O)C2CSSCC/C=C/[C@@H](CC(=O)N[C@@H](C(C)C)C(=O)N2)OC(=O)[C@@H](C(C)C)NC1=O. The molecule has 0 spiro atoms. The summed E-state index contributed by atoms with van der Waals surface area (Å²) in [6.45, 7) is 8.66. The smallest absolute Gasteiger partial charge is 0.329 e. The Balaban J connectivity index is 2.55. The minimum atomic E-state index is -1.00. The maximum Gasteiger partial charge on any atom is 0.329 e. The lowest BCUT2D eigenvalue weighted by Gasteiger charge is -2.27. The highest BCUT2D eigenvalue weighted by Crippen LogP contribution is 2.24. The van der Waals surface area contributed by atoms with Gasteiger partial charge in [0, 0.05) is 11.5 Å². The Kier molecular flexibility index (Phi) is 11.8. The van der Waals surface area contributed by atoms with Crippen molar-refractivity contribution in [2.45, 2.75) is 71.7 Å². The van der Waals surface area contributed by atoms with Crippen molar-refractivity contribution in [1.82, 2.24) is 21.3 Å². The molecule has 200 valence electrons. The number of ether oxygens (including phenoxy) is 1. The van der Waals surface area contributed by atoms with E-state index >= 15 is 0 Å². The summed E-state index contributed by atoms with van der Waals surface area (Å²) in [6.07, 6.45) is 4.51. The largest absolute Gasteiger partial charge is 0.456 e. The zero-order valence-electron chi connectivity index (χ0n) is 21.3. The van der Waals surface area contributed by atoms with Crippen LogP contribution in [0.25, 0.3) is 0 Å². The fraction of sp³-hybridized carbons (Fsp3) is 0.625. The highest BCUT2D eigenvalue weighted by molar-refractivity contribution is 8.76. The van der Waals surface area contributed by atoms with E-state index in [1.165, 1.54) is 27.7 Å². The van der Waals surface area contributed by atoms with Crippen LogP contribution in [0, 0.1) is 11.8 Å². The van der Waals surface area contributed by atoms with Crippen molar-refractivity contribution >= 4 is 51.2 Å². The molecule has 1 saturated heterocycles. The van der Waals surface area contributed by atoms with Crippen LogP contribution in [0.2, 0.25) is 0 Å². The first-order valence-corrected chi connectivity index (χ1v) is 14.5. The summed E-state index contributed by atoms with van der Waals surface area (Å²) in [7, 11) is 2.95. The van der Waals surface area contributed by atoms with E-state index in [0.29, 0.717) is 12.2 Å². The van der Waals surface area contributed by atoms with Gasteiger partial charge in [-0.25, -0.2) is 4.79 Å². The zero-order chi connectivity index (χ0) is 26.8. The van der Waals surface area contributed by atoms with E-state index in [1.54, 1.807) is 40.7 Å². The third kappa shape index (κ3) is 8.88. The number of amides is 4. The maximum atomic E-state index is 13.2. The standard InChI is InChI=1S/C24H36N4O6S2/c1-6-16-21(30)28-20(14(4)5)24(33)34-15-9-7-8-10-35-36-12-17(22(31)25-16)26-23(32)19(13(2)3)27-18(29)11-15/h6-7,9,13-15,17,19-20H,8,10-12H2,1-5H3,(H,25,31)(H,26,32)(H,27,29)(H,28,30)/b9-7+,16-6-/t15-,17?,19-,20+/m0/s1. The lowest BCUT2D eigenvalue weighted by molar-refractivity contribution is -0.153. The molecule has 2 rings (SSSR count). The number of nitrogens with one attached hydrogen (secondary N) is 4. The van der Waals surface area contributed by atoms with Gasteiger partial charge in [-0.05, 0) is 31.3 Å². The predicted molar refractivity (Wildman–Crippen MR) is 141 cm³/mol. The summed E-state index contributed by atoms with van der Waals surface area (Å²) in [5.41, 5.74) is -0.0445. The number of allylic oxidation sites excluding steroid dienone is 2. The molecule has 1 unspecified atom stereocenters. The fourth-order valence-corrected chi connectivity index (χ4v) is 5.66. The summed E-state index contributed by atoms with van der Waals surface area (Å²) in [5, 5.41) is 10.7. The summed E-state index contributed by atoms with van der Waals surface area (Å²) >= 11 is 0. The number of rotatable bonds is 2. The van der Waals surface area contributed by atoms with Crippen molar-refractivity contribution in [1.29, 1.82) is 0 Å².